The Morgan fingerprint density at radius 3 is 2.26 bits per heavy atom. The maximum absolute atomic E-state index is 12.4. The van der Waals surface area contributed by atoms with E-state index in [-0.39, 0.29) is 18.4 Å². The van der Waals surface area contributed by atoms with E-state index in [9.17, 15) is 9.59 Å². The molecule has 1 atom stereocenters. The van der Waals surface area contributed by atoms with Crippen molar-refractivity contribution < 1.29 is 14.7 Å². The molecule has 1 rings (SSSR count). The van der Waals surface area contributed by atoms with Crippen molar-refractivity contribution >= 4 is 11.9 Å². The quantitative estimate of drug-likeness (QED) is 0.703. The lowest BCUT2D eigenvalue weighted by molar-refractivity contribution is -0.145. The molecule has 1 fully saturated rings. The fourth-order valence-electron chi connectivity index (χ4n) is 2.65. The first kappa shape index (κ1) is 16.0. The number of amides is 1. The van der Waals surface area contributed by atoms with Crippen LogP contribution < -0.4 is 11.1 Å². The summed E-state index contributed by atoms with van der Waals surface area (Å²) in [4.78, 5) is 23.6. The van der Waals surface area contributed by atoms with Crippen molar-refractivity contribution in [3.8, 4) is 0 Å². The minimum Gasteiger partial charge on any atom is -0.480 e. The molecule has 1 aliphatic carbocycles. The molecule has 0 heterocycles. The average Bonchev–Trinajstić information content (AvgIpc) is 2.36. The predicted molar refractivity (Wildman–Crippen MR) is 73.5 cm³/mol. The van der Waals surface area contributed by atoms with E-state index >= 15 is 0 Å². The zero-order valence-electron chi connectivity index (χ0n) is 12.1. The molecule has 4 N–H and O–H groups in total. The fraction of sp³-hybridized carbons (Fsp3) is 0.857. The van der Waals surface area contributed by atoms with Crippen molar-refractivity contribution in [3.05, 3.63) is 0 Å². The standard InChI is InChI=1S/C14H26N2O3/c1-9(2)11(12(17)18)16-13(19)14(8-15)6-4-10(3)5-7-14/h9-11H,4-8,15H2,1-3H3,(H,16,19)(H,17,18)/t10?,11-,14?/m1/s1. The molecular weight excluding hydrogens is 244 g/mol. The van der Waals surface area contributed by atoms with Gasteiger partial charge in [-0.25, -0.2) is 4.79 Å². The smallest absolute Gasteiger partial charge is 0.326 e. The van der Waals surface area contributed by atoms with Gasteiger partial charge in [-0.15, -0.1) is 0 Å². The van der Waals surface area contributed by atoms with Gasteiger partial charge in [0.05, 0.1) is 5.41 Å². The molecule has 0 bridgehead atoms. The van der Waals surface area contributed by atoms with Crippen LogP contribution >= 0.6 is 0 Å². The van der Waals surface area contributed by atoms with Crippen molar-refractivity contribution in [2.45, 2.75) is 52.5 Å². The van der Waals surface area contributed by atoms with E-state index in [4.69, 9.17) is 10.8 Å². The highest BCUT2D eigenvalue weighted by Crippen LogP contribution is 2.38. The minimum atomic E-state index is -0.986. The molecule has 0 aromatic rings. The summed E-state index contributed by atoms with van der Waals surface area (Å²) in [6.07, 6.45) is 3.45. The molecule has 0 aromatic heterocycles. The monoisotopic (exact) mass is 270 g/mol. The minimum absolute atomic E-state index is 0.140. The summed E-state index contributed by atoms with van der Waals surface area (Å²) in [6, 6.07) is -0.838. The van der Waals surface area contributed by atoms with Gasteiger partial charge >= 0.3 is 5.97 Å². The zero-order chi connectivity index (χ0) is 14.6. The topological polar surface area (TPSA) is 92.4 Å². The molecule has 1 aliphatic rings. The maximum atomic E-state index is 12.4. The van der Waals surface area contributed by atoms with Crippen molar-refractivity contribution in [1.82, 2.24) is 5.32 Å². The second-order valence-corrected chi connectivity index (χ2v) is 6.20. The number of rotatable bonds is 5. The number of carboxylic acid groups (broad SMARTS) is 1. The van der Waals surface area contributed by atoms with Gasteiger partial charge in [-0.05, 0) is 37.5 Å². The number of hydrogen-bond acceptors (Lipinski definition) is 3. The Kier molecular flexibility index (Phi) is 5.35. The van der Waals surface area contributed by atoms with Gasteiger partial charge in [0, 0.05) is 6.54 Å². The Balaban J connectivity index is 2.76. The maximum Gasteiger partial charge on any atom is 0.326 e. The van der Waals surface area contributed by atoms with Crippen molar-refractivity contribution in [3.63, 3.8) is 0 Å². The number of carboxylic acids is 1. The van der Waals surface area contributed by atoms with Gasteiger partial charge in [0.1, 0.15) is 6.04 Å². The van der Waals surface area contributed by atoms with Crippen LogP contribution in [0.5, 0.6) is 0 Å². The number of hydrogen-bond donors (Lipinski definition) is 3. The third-order valence-electron chi connectivity index (χ3n) is 4.32. The second-order valence-electron chi connectivity index (χ2n) is 6.20. The van der Waals surface area contributed by atoms with E-state index in [1.807, 2.05) is 0 Å². The lowest BCUT2D eigenvalue weighted by atomic mass is 9.70. The summed E-state index contributed by atoms with van der Waals surface area (Å²) in [5.41, 5.74) is 5.23. The highest BCUT2D eigenvalue weighted by molar-refractivity contribution is 5.87. The van der Waals surface area contributed by atoms with E-state index < -0.39 is 17.4 Å². The summed E-state index contributed by atoms with van der Waals surface area (Å²) < 4.78 is 0. The van der Waals surface area contributed by atoms with Gasteiger partial charge in [0.15, 0.2) is 0 Å². The fourth-order valence-corrected chi connectivity index (χ4v) is 2.65. The van der Waals surface area contributed by atoms with Gasteiger partial charge in [0.25, 0.3) is 0 Å². The second kappa shape index (κ2) is 6.37. The molecule has 0 radical (unpaired) electrons. The van der Waals surface area contributed by atoms with Crippen LogP contribution in [0.4, 0.5) is 0 Å². The van der Waals surface area contributed by atoms with Crippen molar-refractivity contribution in [1.29, 1.82) is 0 Å². The van der Waals surface area contributed by atoms with Gasteiger partial charge in [-0.3, -0.25) is 4.79 Å². The van der Waals surface area contributed by atoms with E-state index in [2.05, 4.69) is 12.2 Å². The SMILES string of the molecule is CC1CCC(CN)(C(=O)N[C@@H](C(=O)O)C(C)C)CC1. The predicted octanol–water partition coefficient (Wildman–Crippen LogP) is 1.37. The molecule has 19 heavy (non-hydrogen) atoms. The zero-order valence-corrected chi connectivity index (χ0v) is 12.1. The van der Waals surface area contributed by atoms with Crippen LogP contribution in [0.1, 0.15) is 46.5 Å². The van der Waals surface area contributed by atoms with Gasteiger partial charge < -0.3 is 16.2 Å². The molecule has 5 heteroatoms. The first-order chi connectivity index (χ1) is 8.82. The third kappa shape index (κ3) is 3.69. The Morgan fingerprint density at radius 1 is 1.37 bits per heavy atom. The Labute approximate surface area is 114 Å². The molecule has 0 saturated heterocycles. The van der Waals surface area contributed by atoms with Gasteiger partial charge in [-0.1, -0.05) is 20.8 Å². The summed E-state index contributed by atoms with van der Waals surface area (Å²) in [5, 5.41) is 11.8. The lowest BCUT2D eigenvalue weighted by Gasteiger charge is -2.38. The van der Waals surface area contributed by atoms with Crippen LogP contribution in [0, 0.1) is 17.3 Å². The highest BCUT2D eigenvalue weighted by atomic mass is 16.4. The van der Waals surface area contributed by atoms with E-state index in [1.54, 1.807) is 13.8 Å². The first-order valence-corrected chi connectivity index (χ1v) is 7.06. The summed E-state index contributed by atoms with van der Waals surface area (Å²) in [5.74, 6) is -0.700. The van der Waals surface area contributed by atoms with Gasteiger partial charge in [0.2, 0.25) is 5.91 Å². The molecule has 1 amide bonds. The molecule has 0 spiro atoms. The first-order valence-electron chi connectivity index (χ1n) is 7.06. The van der Waals surface area contributed by atoms with Crippen LogP contribution in [0.2, 0.25) is 0 Å². The molecular formula is C14H26N2O3. The van der Waals surface area contributed by atoms with Crippen LogP contribution in [-0.2, 0) is 9.59 Å². The molecule has 5 nitrogen and oxygen atoms in total. The number of nitrogens with one attached hydrogen (secondary N) is 1. The molecule has 110 valence electrons. The lowest BCUT2D eigenvalue weighted by Crippen LogP contribution is -2.54. The summed E-state index contributed by atoms with van der Waals surface area (Å²) in [7, 11) is 0. The van der Waals surface area contributed by atoms with E-state index in [0.717, 1.165) is 25.7 Å². The van der Waals surface area contributed by atoms with Crippen LogP contribution in [0.15, 0.2) is 0 Å². The number of carbonyl (C=O) groups excluding carboxylic acids is 1. The van der Waals surface area contributed by atoms with E-state index in [1.165, 1.54) is 0 Å². The van der Waals surface area contributed by atoms with Crippen molar-refractivity contribution in [2.75, 3.05) is 6.54 Å². The number of aliphatic carboxylic acids is 1. The van der Waals surface area contributed by atoms with Crippen LogP contribution in [0.3, 0.4) is 0 Å². The van der Waals surface area contributed by atoms with E-state index in [0.29, 0.717) is 5.92 Å². The Hall–Kier alpha value is -1.10. The van der Waals surface area contributed by atoms with Crippen LogP contribution in [-0.4, -0.2) is 29.6 Å². The molecule has 0 aromatic carbocycles. The largest absolute Gasteiger partial charge is 0.480 e. The Bertz CT molecular complexity index is 334. The number of nitrogens with two attached hydrogens (primary N) is 1. The molecule has 0 aliphatic heterocycles. The van der Waals surface area contributed by atoms with Crippen LogP contribution in [0.25, 0.3) is 0 Å². The highest BCUT2D eigenvalue weighted by Gasteiger charge is 2.41. The Morgan fingerprint density at radius 2 is 1.89 bits per heavy atom. The van der Waals surface area contributed by atoms with Crippen molar-refractivity contribution in [2.24, 2.45) is 23.0 Å². The summed E-state index contributed by atoms with van der Waals surface area (Å²) >= 11 is 0. The summed E-state index contributed by atoms with van der Waals surface area (Å²) in [6.45, 7) is 6.04. The third-order valence-corrected chi connectivity index (χ3v) is 4.32. The average molecular weight is 270 g/mol. The normalized spacial score (nSPS) is 29.0. The molecule has 1 saturated carbocycles. The van der Waals surface area contributed by atoms with Gasteiger partial charge in [-0.2, -0.15) is 0 Å². The molecule has 0 unspecified atom stereocenters. The number of carbonyl (C=O) groups is 2.